The third-order valence-corrected chi connectivity index (χ3v) is 9.98. The van der Waals surface area contributed by atoms with Crippen molar-refractivity contribution in [1.29, 1.82) is 0 Å². The van der Waals surface area contributed by atoms with Gasteiger partial charge in [-0.25, -0.2) is 0 Å². The lowest BCUT2D eigenvalue weighted by molar-refractivity contribution is 0.481. The molecule has 4 heteroatoms. The highest BCUT2D eigenvalue weighted by molar-refractivity contribution is 7.85. The molecule has 0 bridgehead atoms. The SMILES string of the molecule is CCCCCCCCCCCCCCc1cc(S(=O)(=O)O)c(CCCCCCCCCCCCCC)c2ccccc12. The number of unbranched alkanes of at least 4 members (excludes halogenated alkanes) is 22. The molecule has 2 aromatic carbocycles. The van der Waals surface area contributed by atoms with Crippen LogP contribution in [0.1, 0.15) is 179 Å². The number of fused-ring (bicyclic) bond motifs is 1. The van der Waals surface area contributed by atoms with Crippen molar-refractivity contribution in [3.8, 4) is 0 Å². The van der Waals surface area contributed by atoms with Gasteiger partial charge in [0.15, 0.2) is 0 Å². The third kappa shape index (κ3) is 15.4. The van der Waals surface area contributed by atoms with Crippen molar-refractivity contribution in [1.82, 2.24) is 0 Å². The first kappa shape index (κ1) is 36.8. The lowest BCUT2D eigenvalue weighted by Crippen LogP contribution is -2.06. The van der Waals surface area contributed by atoms with Gasteiger partial charge in [-0.3, -0.25) is 4.55 Å². The highest BCUT2D eigenvalue weighted by Crippen LogP contribution is 2.32. The molecule has 0 aliphatic rings. The van der Waals surface area contributed by atoms with Crippen molar-refractivity contribution in [2.75, 3.05) is 0 Å². The van der Waals surface area contributed by atoms with Crippen LogP contribution in [0.5, 0.6) is 0 Å². The summed E-state index contributed by atoms with van der Waals surface area (Å²) >= 11 is 0. The van der Waals surface area contributed by atoms with Gasteiger partial charge < -0.3 is 0 Å². The number of hydrogen-bond donors (Lipinski definition) is 1. The van der Waals surface area contributed by atoms with Crippen LogP contribution in [0, 0.1) is 0 Å². The quantitative estimate of drug-likeness (QED) is 0.0819. The molecule has 0 saturated carbocycles. The van der Waals surface area contributed by atoms with E-state index in [1.165, 1.54) is 135 Å². The Morgan fingerprint density at radius 2 is 0.857 bits per heavy atom. The zero-order valence-corrected chi connectivity index (χ0v) is 28.3. The average Bonchev–Trinajstić information content (AvgIpc) is 2.98. The van der Waals surface area contributed by atoms with Crippen molar-refractivity contribution in [3.05, 3.63) is 41.5 Å². The lowest BCUT2D eigenvalue weighted by Gasteiger charge is -2.16. The molecule has 0 heterocycles. The Labute approximate surface area is 260 Å². The first-order valence-corrected chi connectivity index (χ1v) is 19.4. The van der Waals surface area contributed by atoms with Crippen LogP contribution in [-0.4, -0.2) is 13.0 Å². The largest absolute Gasteiger partial charge is 0.294 e. The van der Waals surface area contributed by atoms with Gasteiger partial charge in [0.2, 0.25) is 0 Å². The minimum Gasteiger partial charge on any atom is -0.282 e. The Bertz CT molecular complexity index is 1060. The molecule has 0 saturated heterocycles. The predicted octanol–water partition coefficient (Wildman–Crippen LogP) is 12.6. The maximum absolute atomic E-state index is 12.5. The zero-order valence-electron chi connectivity index (χ0n) is 27.4. The minimum atomic E-state index is -4.27. The molecule has 0 aliphatic heterocycles. The van der Waals surface area contributed by atoms with Crippen LogP contribution in [0.4, 0.5) is 0 Å². The summed E-state index contributed by atoms with van der Waals surface area (Å²) in [4.78, 5) is 0.137. The molecule has 240 valence electrons. The van der Waals surface area contributed by atoms with Gasteiger partial charge in [-0.1, -0.05) is 179 Å². The zero-order chi connectivity index (χ0) is 30.3. The summed E-state index contributed by atoms with van der Waals surface area (Å²) in [6, 6.07) is 10.0. The lowest BCUT2D eigenvalue weighted by atomic mass is 9.93. The van der Waals surface area contributed by atoms with Gasteiger partial charge in [-0.05, 0) is 53.6 Å². The summed E-state index contributed by atoms with van der Waals surface area (Å²) in [7, 11) is -4.27. The van der Waals surface area contributed by atoms with Gasteiger partial charge in [0.05, 0.1) is 4.90 Å². The second kappa shape index (κ2) is 23.1. The summed E-state index contributed by atoms with van der Waals surface area (Å²) in [5.41, 5.74) is 1.86. The van der Waals surface area contributed by atoms with E-state index in [4.69, 9.17) is 0 Å². The molecule has 42 heavy (non-hydrogen) atoms. The number of hydrogen-bond acceptors (Lipinski definition) is 2. The second-order valence-corrected chi connectivity index (χ2v) is 14.2. The van der Waals surface area contributed by atoms with Gasteiger partial charge in [-0.15, -0.1) is 0 Å². The Balaban J connectivity index is 1.79. The Hall–Kier alpha value is -1.39. The number of benzene rings is 2. The van der Waals surface area contributed by atoms with Crippen molar-refractivity contribution in [2.45, 2.75) is 186 Å². The van der Waals surface area contributed by atoms with E-state index in [1.807, 2.05) is 12.1 Å². The molecule has 0 aliphatic carbocycles. The van der Waals surface area contributed by atoms with E-state index in [0.717, 1.165) is 47.6 Å². The Morgan fingerprint density at radius 3 is 1.26 bits per heavy atom. The van der Waals surface area contributed by atoms with Gasteiger partial charge in [0.1, 0.15) is 0 Å². The summed E-state index contributed by atoms with van der Waals surface area (Å²) in [6.45, 7) is 4.54. The first-order valence-electron chi connectivity index (χ1n) is 18.0. The Kier molecular flexibility index (Phi) is 20.2. The average molecular weight is 601 g/mol. The van der Waals surface area contributed by atoms with E-state index in [1.54, 1.807) is 6.07 Å². The van der Waals surface area contributed by atoms with E-state index in [2.05, 4.69) is 26.0 Å². The molecule has 0 aromatic heterocycles. The van der Waals surface area contributed by atoms with Crippen LogP contribution < -0.4 is 0 Å². The maximum Gasteiger partial charge on any atom is 0.294 e. The predicted molar refractivity (Wildman–Crippen MR) is 183 cm³/mol. The molecule has 0 fully saturated rings. The summed E-state index contributed by atoms with van der Waals surface area (Å²) in [5.74, 6) is 0. The summed E-state index contributed by atoms with van der Waals surface area (Å²) < 4.78 is 35.2. The fourth-order valence-corrected chi connectivity index (χ4v) is 7.29. The fraction of sp³-hybridized carbons (Fsp3) is 0.737. The molecular weight excluding hydrogens is 536 g/mol. The normalized spacial score (nSPS) is 12.0. The minimum absolute atomic E-state index is 0.137. The fourth-order valence-electron chi connectivity index (χ4n) is 6.48. The molecule has 0 radical (unpaired) electrons. The van der Waals surface area contributed by atoms with Crippen LogP contribution in [0.2, 0.25) is 0 Å². The van der Waals surface area contributed by atoms with E-state index in [9.17, 15) is 13.0 Å². The van der Waals surface area contributed by atoms with E-state index in [-0.39, 0.29) is 4.90 Å². The van der Waals surface area contributed by atoms with E-state index < -0.39 is 10.1 Å². The van der Waals surface area contributed by atoms with Crippen molar-refractivity contribution in [2.24, 2.45) is 0 Å². The Morgan fingerprint density at radius 1 is 0.500 bits per heavy atom. The topological polar surface area (TPSA) is 54.4 Å². The highest BCUT2D eigenvalue weighted by atomic mass is 32.2. The first-order chi connectivity index (χ1) is 20.5. The number of aryl methyl sites for hydroxylation is 2. The van der Waals surface area contributed by atoms with Gasteiger partial charge >= 0.3 is 0 Å². The molecular formula is C38H64O3S. The van der Waals surface area contributed by atoms with Crippen LogP contribution in [-0.2, 0) is 23.0 Å². The van der Waals surface area contributed by atoms with Crippen LogP contribution in [0.15, 0.2) is 35.2 Å². The van der Waals surface area contributed by atoms with Gasteiger partial charge in [-0.2, -0.15) is 8.42 Å². The monoisotopic (exact) mass is 600 g/mol. The molecule has 3 nitrogen and oxygen atoms in total. The summed E-state index contributed by atoms with van der Waals surface area (Å²) in [6.07, 6.45) is 32.6. The maximum atomic E-state index is 12.5. The third-order valence-electron chi connectivity index (χ3n) is 9.06. The molecule has 0 amide bonds. The van der Waals surface area contributed by atoms with Crippen molar-refractivity contribution in [3.63, 3.8) is 0 Å². The van der Waals surface area contributed by atoms with Gasteiger partial charge in [0, 0.05) is 0 Å². The van der Waals surface area contributed by atoms with E-state index in [0.29, 0.717) is 6.42 Å². The second-order valence-electron chi connectivity index (χ2n) is 12.8. The molecule has 0 spiro atoms. The molecule has 1 N–H and O–H groups in total. The number of rotatable bonds is 27. The smallest absolute Gasteiger partial charge is 0.282 e. The summed E-state index contributed by atoms with van der Waals surface area (Å²) in [5, 5.41) is 2.16. The highest BCUT2D eigenvalue weighted by Gasteiger charge is 2.20. The van der Waals surface area contributed by atoms with Crippen molar-refractivity contribution < 1.29 is 13.0 Å². The van der Waals surface area contributed by atoms with Crippen LogP contribution in [0.3, 0.4) is 0 Å². The molecule has 0 atom stereocenters. The van der Waals surface area contributed by atoms with Crippen LogP contribution >= 0.6 is 0 Å². The van der Waals surface area contributed by atoms with Crippen LogP contribution in [0.25, 0.3) is 10.8 Å². The van der Waals surface area contributed by atoms with Crippen molar-refractivity contribution >= 4 is 20.9 Å². The molecule has 2 aromatic rings. The molecule has 2 rings (SSSR count). The standard InChI is InChI=1S/C38H64O3S/c1-3-5-7-9-11-13-15-17-19-21-23-25-29-34-33-38(42(39,40)41)37(36-31-28-27-30-35(34)36)32-26-24-22-20-18-16-14-12-10-8-6-4-2/h27-28,30-31,33H,3-26,29,32H2,1-2H3,(H,39,40,41). The van der Waals surface area contributed by atoms with Gasteiger partial charge in [0.25, 0.3) is 10.1 Å². The molecule has 0 unspecified atom stereocenters. The van der Waals surface area contributed by atoms with E-state index >= 15 is 0 Å².